The molecule has 0 aliphatic rings. The van der Waals surface area contributed by atoms with E-state index in [1.54, 1.807) is 0 Å². The first kappa shape index (κ1) is 10.4. The lowest BCUT2D eigenvalue weighted by molar-refractivity contribution is -0.136. The minimum atomic E-state index is -0.603. The second kappa shape index (κ2) is 4.33. The maximum absolute atomic E-state index is 10.8. The highest BCUT2D eigenvalue weighted by Crippen LogP contribution is 1.96. The van der Waals surface area contributed by atoms with Crippen molar-refractivity contribution < 1.29 is 14.3 Å². The van der Waals surface area contributed by atoms with Crippen molar-refractivity contribution >= 4 is 11.9 Å². The Morgan fingerprint density at radius 2 is 1.75 bits per heavy atom. The van der Waals surface area contributed by atoms with Crippen molar-refractivity contribution in [3.05, 3.63) is 24.6 Å². The third kappa shape index (κ3) is 4.27. The summed E-state index contributed by atoms with van der Waals surface area (Å²) in [5.41, 5.74) is 0.251. The normalized spacial score (nSPS) is 8.50. The molecule has 0 aromatic heterocycles. The topological polar surface area (TPSA) is 55.4 Å². The van der Waals surface area contributed by atoms with Crippen molar-refractivity contribution in [3.8, 4) is 0 Å². The number of hydrogen-bond acceptors (Lipinski definition) is 3. The van der Waals surface area contributed by atoms with Crippen LogP contribution in [-0.2, 0) is 14.3 Å². The van der Waals surface area contributed by atoms with Crippen molar-refractivity contribution in [1.29, 1.82) is 0 Å². The van der Waals surface area contributed by atoms with E-state index in [1.165, 1.54) is 13.8 Å². The van der Waals surface area contributed by atoms with Gasteiger partial charge in [0.05, 0.1) is 0 Å². The van der Waals surface area contributed by atoms with Gasteiger partial charge in [-0.1, -0.05) is 6.58 Å². The summed E-state index contributed by atoms with van der Waals surface area (Å²) in [7, 11) is 0. The molecule has 0 unspecified atom stereocenters. The molecular formula is C8H11NO3. The van der Waals surface area contributed by atoms with Gasteiger partial charge in [-0.25, -0.2) is 4.79 Å². The van der Waals surface area contributed by atoms with Crippen molar-refractivity contribution in [2.45, 2.75) is 13.8 Å². The van der Waals surface area contributed by atoms with Crippen LogP contribution in [0.5, 0.6) is 0 Å². The molecule has 0 saturated heterocycles. The summed E-state index contributed by atoms with van der Waals surface area (Å²) in [6.45, 7) is 9.45. The fourth-order valence-corrected chi connectivity index (χ4v) is 0.421. The van der Waals surface area contributed by atoms with Crippen LogP contribution in [0.15, 0.2) is 24.6 Å². The molecular weight excluding hydrogens is 158 g/mol. The van der Waals surface area contributed by atoms with E-state index in [0.29, 0.717) is 0 Å². The molecule has 0 aromatic carbocycles. The highest BCUT2D eigenvalue weighted by Gasteiger charge is 2.06. The molecule has 0 heterocycles. The Balaban J connectivity index is 3.94. The molecule has 0 bridgehead atoms. The predicted molar refractivity (Wildman–Crippen MR) is 43.9 cm³/mol. The van der Waals surface area contributed by atoms with E-state index in [2.05, 4.69) is 23.2 Å². The van der Waals surface area contributed by atoms with Crippen LogP contribution in [0.1, 0.15) is 13.8 Å². The standard InChI is InChI=1S/C8H11NO3/c1-5(2)8(11)12-7(4)9-6(3)10/h1,4H2,2-3H3,(H,9,10). The second-order valence-electron chi connectivity index (χ2n) is 2.27. The third-order valence-corrected chi connectivity index (χ3v) is 0.880. The molecule has 0 atom stereocenters. The Kier molecular flexibility index (Phi) is 3.76. The van der Waals surface area contributed by atoms with Gasteiger partial charge in [0.2, 0.25) is 5.91 Å². The van der Waals surface area contributed by atoms with Crippen LogP contribution in [0.4, 0.5) is 0 Å². The molecule has 66 valence electrons. The molecule has 0 aliphatic heterocycles. The summed E-state index contributed by atoms with van der Waals surface area (Å²) in [4.78, 5) is 21.2. The Morgan fingerprint density at radius 3 is 2.08 bits per heavy atom. The van der Waals surface area contributed by atoms with Gasteiger partial charge < -0.3 is 4.74 Å². The van der Waals surface area contributed by atoms with Gasteiger partial charge in [-0.15, -0.1) is 0 Å². The molecule has 0 saturated carbocycles. The van der Waals surface area contributed by atoms with Crippen molar-refractivity contribution in [3.63, 3.8) is 0 Å². The zero-order valence-electron chi connectivity index (χ0n) is 7.14. The van der Waals surface area contributed by atoms with Gasteiger partial charge in [0.15, 0.2) is 5.88 Å². The average molecular weight is 169 g/mol. The van der Waals surface area contributed by atoms with E-state index in [4.69, 9.17) is 0 Å². The summed E-state index contributed by atoms with van der Waals surface area (Å²) in [6.07, 6.45) is 0. The first-order valence-corrected chi connectivity index (χ1v) is 3.27. The Labute approximate surface area is 70.9 Å². The van der Waals surface area contributed by atoms with E-state index < -0.39 is 5.97 Å². The van der Waals surface area contributed by atoms with Crippen LogP contribution in [0.2, 0.25) is 0 Å². The van der Waals surface area contributed by atoms with Gasteiger partial charge in [-0.05, 0) is 13.5 Å². The monoisotopic (exact) mass is 169 g/mol. The molecule has 0 aliphatic carbocycles. The van der Waals surface area contributed by atoms with Crippen LogP contribution in [-0.4, -0.2) is 11.9 Å². The lowest BCUT2D eigenvalue weighted by Gasteiger charge is -2.05. The molecule has 4 nitrogen and oxygen atoms in total. The van der Waals surface area contributed by atoms with Crippen molar-refractivity contribution in [1.82, 2.24) is 5.32 Å². The number of hydrogen-bond donors (Lipinski definition) is 1. The Morgan fingerprint density at radius 1 is 1.25 bits per heavy atom. The highest BCUT2D eigenvalue weighted by molar-refractivity contribution is 5.88. The molecule has 0 spiro atoms. The molecule has 4 heteroatoms. The second-order valence-corrected chi connectivity index (χ2v) is 2.27. The summed E-state index contributed by atoms with van der Waals surface area (Å²) in [5.74, 6) is -1.03. The zero-order valence-corrected chi connectivity index (χ0v) is 7.14. The van der Waals surface area contributed by atoms with Crippen LogP contribution >= 0.6 is 0 Å². The number of rotatable bonds is 3. The number of nitrogens with one attached hydrogen (secondary N) is 1. The van der Waals surface area contributed by atoms with E-state index in [0.717, 1.165) is 0 Å². The van der Waals surface area contributed by atoms with Crippen LogP contribution < -0.4 is 5.32 Å². The SMILES string of the molecule is C=C(NC(C)=O)OC(=O)C(=C)C. The van der Waals surface area contributed by atoms with Gasteiger partial charge >= 0.3 is 5.97 Å². The minimum absolute atomic E-state index is 0.0875. The molecule has 12 heavy (non-hydrogen) atoms. The van der Waals surface area contributed by atoms with Crippen molar-refractivity contribution in [2.75, 3.05) is 0 Å². The van der Waals surface area contributed by atoms with Crippen LogP contribution in [0.3, 0.4) is 0 Å². The molecule has 0 fully saturated rings. The first-order chi connectivity index (χ1) is 5.43. The number of carbonyl (C=O) groups is 2. The number of carbonyl (C=O) groups excluding carboxylic acids is 2. The number of esters is 1. The van der Waals surface area contributed by atoms with Gasteiger partial charge in [-0.3, -0.25) is 10.1 Å². The lowest BCUT2D eigenvalue weighted by Crippen LogP contribution is -2.22. The molecule has 1 N–H and O–H groups in total. The largest absolute Gasteiger partial charge is 0.407 e. The molecule has 0 aromatic rings. The molecule has 1 amide bonds. The quantitative estimate of drug-likeness (QED) is 0.384. The smallest absolute Gasteiger partial charge is 0.339 e. The summed E-state index contributed by atoms with van der Waals surface area (Å²) in [6, 6.07) is 0. The Bertz CT molecular complexity index is 243. The maximum atomic E-state index is 10.8. The predicted octanol–water partition coefficient (Wildman–Crippen LogP) is 0.713. The molecule has 0 radical (unpaired) electrons. The van der Waals surface area contributed by atoms with Crippen molar-refractivity contribution in [2.24, 2.45) is 0 Å². The van der Waals surface area contributed by atoms with Gasteiger partial charge in [-0.2, -0.15) is 0 Å². The van der Waals surface area contributed by atoms with E-state index in [1.807, 2.05) is 0 Å². The molecule has 0 rings (SSSR count). The van der Waals surface area contributed by atoms with E-state index >= 15 is 0 Å². The van der Waals surface area contributed by atoms with Gasteiger partial charge in [0, 0.05) is 12.5 Å². The summed E-state index contributed by atoms with van der Waals surface area (Å²) >= 11 is 0. The van der Waals surface area contributed by atoms with Crippen LogP contribution in [0.25, 0.3) is 0 Å². The van der Waals surface area contributed by atoms with Crippen LogP contribution in [0, 0.1) is 0 Å². The first-order valence-electron chi connectivity index (χ1n) is 3.27. The lowest BCUT2D eigenvalue weighted by atomic mass is 10.4. The highest BCUT2D eigenvalue weighted by atomic mass is 16.5. The maximum Gasteiger partial charge on any atom is 0.339 e. The van der Waals surface area contributed by atoms with E-state index in [9.17, 15) is 9.59 Å². The average Bonchev–Trinajstić information content (AvgIpc) is 1.84. The fraction of sp³-hybridized carbons (Fsp3) is 0.250. The fourth-order valence-electron chi connectivity index (χ4n) is 0.421. The van der Waals surface area contributed by atoms with E-state index in [-0.39, 0.29) is 17.4 Å². The minimum Gasteiger partial charge on any atom is -0.407 e. The van der Waals surface area contributed by atoms with Gasteiger partial charge in [0.25, 0.3) is 0 Å². The van der Waals surface area contributed by atoms with Gasteiger partial charge in [0.1, 0.15) is 0 Å². The summed E-state index contributed by atoms with van der Waals surface area (Å²) in [5, 5.41) is 2.21. The zero-order chi connectivity index (χ0) is 9.72. The number of amides is 1. The Hall–Kier alpha value is -1.58. The third-order valence-electron chi connectivity index (χ3n) is 0.880. The summed E-state index contributed by atoms with van der Waals surface area (Å²) < 4.78 is 4.56. The number of ether oxygens (including phenoxy) is 1.